The van der Waals surface area contributed by atoms with Crippen LogP contribution < -0.4 is 15.4 Å². The molecule has 1 fully saturated rings. The SMILES string of the molecule is CC1CN(Cc2ccccc2NC(=O)NCCOc2ccc(Cl)cc2)CC(C)O1. The Morgan fingerprint density at radius 3 is 2.55 bits per heavy atom. The van der Waals surface area contributed by atoms with Crippen molar-refractivity contribution in [3.63, 3.8) is 0 Å². The van der Waals surface area contributed by atoms with Gasteiger partial charge in [-0.05, 0) is 49.7 Å². The van der Waals surface area contributed by atoms with E-state index >= 15 is 0 Å². The minimum absolute atomic E-state index is 0.211. The second-order valence-electron chi connectivity index (χ2n) is 7.29. The van der Waals surface area contributed by atoms with Crippen LogP contribution in [0.4, 0.5) is 10.5 Å². The Balaban J connectivity index is 1.47. The number of nitrogens with one attached hydrogen (secondary N) is 2. The lowest BCUT2D eigenvalue weighted by Gasteiger charge is -2.35. The van der Waals surface area contributed by atoms with Crippen LogP contribution in [-0.2, 0) is 11.3 Å². The van der Waals surface area contributed by atoms with Gasteiger partial charge < -0.3 is 20.1 Å². The number of nitrogens with zero attached hydrogens (tertiary/aromatic N) is 1. The van der Waals surface area contributed by atoms with Gasteiger partial charge in [-0.3, -0.25) is 4.90 Å². The molecule has 29 heavy (non-hydrogen) atoms. The van der Waals surface area contributed by atoms with Crippen LogP contribution in [0.2, 0.25) is 5.02 Å². The Hall–Kier alpha value is -2.28. The molecule has 2 unspecified atom stereocenters. The highest BCUT2D eigenvalue weighted by molar-refractivity contribution is 6.30. The first-order valence-electron chi connectivity index (χ1n) is 9.88. The number of carbonyl (C=O) groups excluding carboxylic acids is 1. The molecule has 1 aliphatic rings. The van der Waals surface area contributed by atoms with Crippen molar-refractivity contribution < 1.29 is 14.3 Å². The number of rotatable bonds is 7. The van der Waals surface area contributed by atoms with E-state index in [4.69, 9.17) is 21.1 Å². The molecule has 1 aliphatic heterocycles. The van der Waals surface area contributed by atoms with E-state index in [1.807, 2.05) is 24.3 Å². The Bertz CT molecular complexity index is 790. The van der Waals surface area contributed by atoms with Crippen molar-refractivity contribution in [2.45, 2.75) is 32.6 Å². The molecule has 7 heteroatoms. The largest absolute Gasteiger partial charge is 0.492 e. The Morgan fingerprint density at radius 2 is 1.83 bits per heavy atom. The van der Waals surface area contributed by atoms with Gasteiger partial charge >= 0.3 is 6.03 Å². The second-order valence-corrected chi connectivity index (χ2v) is 7.73. The zero-order valence-electron chi connectivity index (χ0n) is 16.9. The van der Waals surface area contributed by atoms with Gasteiger partial charge in [-0.1, -0.05) is 29.8 Å². The molecule has 2 aromatic rings. The van der Waals surface area contributed by atoms with Crippen molar-refractivity contribution in [1.82, 2.24) is 10.2 Å². The fourth-order valence-corrected chi connectivity index (χ4v) is 3.59. The third-order valence-electron chi connectivity index (χ3n) is 4.62. The molecule has 156 valence electrons. The van der Waals surface area contributed by atoms with Gasteiger partial charge in [0.2, 0.25) is 0 Å². The maximum atomic E-state index is 12.3. The maximum absolute atomic E-state index is 12.3. The number of ether oxygens (including phenoxy) is 2. The third-order valence-corrected chi connectivity index (χ3v) is 4.88. The summed E-state index contributed by atoms with van der Waals surface area (Å²) in [6, 6.07) is 14.8. The van der Waals surface area contributed by atoms with Crippen LogP contribution in [0.5, 0.6) is 5.75 Å². The van der Waals surface area contributed by atoms with E-state index in [0.29, 0.717) is 18.2 Å². The number of anilines is 1. The quantitative estimate of drug-likeness (QED) is 0.664. The number of hydrogen-bond donors (Lipinski definition) is 2. The number of benzene rings is 2. The first-order valence-corrected chi connectivity index (χ1v) is 10.3. The minimum atomic E-state index is -0.249. The van der Waals surface area contributed by atoms with Crippen LogP contribution in [0.3, 0.4) is 0 Å². The van der Waals surface area contributed by atoms with E-state index in [2.05, 4.69) is 29.4 Å². The highest BCUT2D eigenvalue weighted by Crippen LogP contribution is 2.20. The molecule has 0 saturated carbocycles. The summed E-state index contributed by atoms with van der Waals surface area (Å²) in [7, 11) is 0. The molecule has 0 aliphatic carbocycles. The molecule has 0 spiro atoms. The molecule has 2 N–H and O–H groups in total. The van der Waals surface area contributed by atoms with Gasteiger partial charge in [0.15, 0.2) is 0 Å². The van der Waals surface area contributed by atoms with Crippen molar-refractivity contribution in [1.29, 1.82) is 0 Å². The highest BCUT2D eigenvalue weighted by atomic mass is 35.5. The van der Waals surface area contributed by atoms with Crippen LogP contribution in [-0.4, -0.2) is 49.4 Å². The lowest BCUT2D eigenvalue weighted by Crippen LogP contribution is -2.45. The standard InChI is InChI=1S/C22H28ClN3O3/c1-16-13-26(14-17(2)29-16)15-18-5-3-4-6-21(18)25-22(27)24-11-12-28-20-9-7-19(23)8-10-20/h3-10,16-17H,11-15H2,1-2H3,(H2,24,25,27). The van der Waals surface area contributed by atoms with Crippen LogP contribution in [0.25, 0.3) is 0 Å². The predicted octanol–water partition coefficient (Wildman–Crippen LogP) is 4.15. The molecule has 1 saturated heterocycles. The fourth-order valence-electron chi connectivity index (χ4n) is 3.47. The van der Waals surface area contributed by atoms with Crippen molar-refractivity contribution >= 4 is 23.3 Å². The van der Waals surface area contributed by atoms with Crippen LogP contribution in [0, 0.1) is 0 Å². The second kappa shape index (κ2) is 10.5. The maximum Gasteiger partial charge on any atom is 0.319 e. The number of urea groups is 1. The predicted molar refractivity (Wildman–Crippen MR) is 116 cm³/mol. The van der Waals surface area contributed by atoms with Crippen molar-refractivity contribution in [3.8, 4) is 5.75 Å². The van der Waals surface area contributed by atoms with Gasteiger partial charge in [0.25, 0.3) is 0 Å². The molecule has 3 rings (SSSR count). The molecular formula is C22H28ClN3O3. The number of halogens is 1. The number of para-hydroxylation sites is 1. The highest BCUT2D eigenvalue weighted by Gasteiger charge is 2.22. The summed E-state index contributed by atoms with van der Waals surface area (Å²) in [5.41, 5.74) is 1.90. The molecule has 0 radical (unpaired) electrons. The van der Waals surface area contributed by atoms with E-state index in [-0.39, 0.29) is 18.2 Å². The van der Waals surface area contributed by atoms with Gasteiger partial charge in [-0.25, -0.2) is 4.79 Å². The monoisotopic (exact) mass is 417 g/mol. The molecule has 2 amide bonds. The summed E-state index contributed by atoms with van der Waals surface area (Å²) < 4.78 is 11.4. The Kier molecular flexibility index (Phi) is 7.75. The number of amides is 2. The van der Waals surface area contributed by atoms with Crippen molar-refractivity contribution in [3.05, 3.63) is 59.1 Å². The van der Waals surface area contributed by atoms with Crippen molar-refractivity contribution in [2.75, 3.05) is 31.6 Å². The zero-order chi connectivity index (χ0) is 20.6. The van der Waals surface area contributed by atoms with Crippen LogP contribution >= 0.6 is 11.6 Å². The lowest BCUT2D eigenvalue weighted by atomic mass is 10.1. The van der Waals surface area contributed by atoms with Gasteiger partial charge in [-0.15, -0.1) is 0 Å². The van der Waals surface area contributed by atoms with Gasteiger partial charge in [0.1, 0.15) is 12.4 Å². The summed E-state index contributed by atoms with van der Waals surface area (Å²) in [6.45, 7) is 7.49. The summed E-state index contributed by atoms with van der Waals surface area (Å²) in [5.74, 6) is 0.718. The average Bonchev–Trinajstić information content (AvgIpc) is 2.67. The van der Waals surface area contributed by atoms with Gasteiger partial charge in [0.05, 0.1) is 18.8 Å². The van der Waals surface area contributed by atoms with Crippen LogP contribution in [0.1, 0.15) is 19.4 Å². The van der Waals surface area contributed by atoms with Gasteiger partial charge in [-0.2, -0.15) is 0 Å². The topological polar surface area (TPSA) is 62.8 Å². The van der Waals surface area contributed by atoms with E-state index in [1.54, 1.807) is 24.3 Å². The molecule has 2 atom stereocenters. The third kappa shape index (κ3) is 6.92. The summed E-state index contributed by atoms with van der Waals surface area (Å²) in [5, 5.41) is 6.43. The average molecular weight is 418 g/mol. The van der Waals surface area contributed by atoms with E-state index in [0.717, 1.165) is 36.6 Å². The first-order chi connectivity index (χ1) is 14.0. The molecule has 2 aromatic carbocycles. The van der Waals surface area contributed by atoms with Crippen molar-refractivity contribution in [2.24, 2.45) is 0 Å². The first kappa shape index (κ1) is 21.4. The lowest BCUT2D eigenvalue weighted by molar-refractivity contribution is -0.0704. The number of carbonyl (C=O) groups is 1. The van der Waals surface area contributed by atoms with E-state index in [9.17, 15) is 4.79 Å². The van der Waals surface area contributed by atoms with Gasteiger partial charge in [0, 0.05) is 30.3 Å². The Labute approximate surface area is 177 Å². The Morgan fingerprint density at radius 1 is 1.14 bits per heavy atom. The van der Waals surface area contributed by atoms with E-state index in [1.165, 1.54) is 0 Å². The molecule has 0 aromatic heterocycles. The molecule has 0 bridgehead atoms. The summed E-state index contributed by atoms with van der Waals surface area (Å²) >= 11 is 5.85. The minimum Gasteiger partial charge on any atom is -0.492 e. The molecular weight excluding hydrogens is 390 g/mol. The number of morpholine rings is 1. The van der Waals surface area contributed by atoms with Crippen LogP contribution in [0.15, 0.2) is 48.5 Å². The summed E-state index contributed by atoms with van der Waals surface area (Å²) in [6.07, 6.45) is 0.422. The fraction of sp³-hybridized carbons (Fsp3) is 0.409. The van der Waals surface area contributed by atoms with E-state index < -0.39 is 0 Å². The molecule has 1 heterocycles. The molecule has 6 nitrogen and oxygen atoms in total. The normalized spacial score (nSPS) is 19.6. The summed E-state index contributed by atoms with van der Waals surface area (Å²) in [4.78, 5) is 14.6. The zero-order valence-corrected chi connectivity index (χ0v) is 17.6. The smallest absolute Gasteiger partial charge is 0.319 e. The number of hydrogen-bond acceptors (Lipinski definition) is 4.